The van der Waals surface area contributed by atoms with Crippen LogP contribution in [0, 0.1) is 6.92 Å². The Morgan fingerprint density at radius 1 is 1.10 bits per heavy atom. The van der Waals surface area contributed by atoms with Gasteiger partial charge in [-0.2, -0.15) is 4.98 Å². The smallest absolute Gasteiger partial charge is 0.258 e. The van der Waals surface area contributed by atoms with Gasteiger partial charge in [0.05, 0.1) is 11.5 Å². The van der Waals surface area contributed by atoms with Crippen LogP contribution in [0.5, 0.6) is 0 Å². The second-order valence-corrected chi connectivity index (χ2v) is 8.00. The summed E-state index contributed by atoms with van der Waals surface area (Å²) in [4.78, 5) is 44.8. The van der Waals surface area contributed by atoms with Crippen LogP contribution < -0.4 is 21.5 Å². The highest BCUT2D eigenvalue weighted by molar-refractivity contribution is 6.35. The first-order chi connectivity index (χ1) is 14.8. The average Bonchev–Trinajstić information content (AvgIpc) is 2.66. The number of amides is 2. The third kappa shape index (κ3) is 4.70. The van der Waals surface area contributed by atoms with Crippen LogP contribution in [0.3, 0.4) is 0 Å². The molecule has 0 bridgehead atoms. The van der Waals surface area contributed by atoms with E-state index in [2.05, 4.69) is 25.9 Å². The molecule has 4 N–H and O–H groups in total. The normalized spacial score (nSPS) is 15.1. The van der Waals surface area contributed by atoms with Crippen molar-refractivity contribution in [3.63, 3.8) is 0 Å². The van der Waals surface area contributed by atoms with Crippen molar-refractivity contribution in [3.8, 4) is 0 Å². The molecule has 0 fully saturated rings. The molecule has 2 heterocycles. The zero-order valence-electron chi connectivity index (χ0n) is 16.3. The number of aromatic amines is 1. The van der Waals surface area contributed by atoms with Gasteiger partial charge >= 0.3 is 0 Å². The van der Waals surface area contributed by atoms with Crippen LogP contribution in [0.25, 0.3) is 0 Å². The van der Waals surface area contributed by atoms with Gasteiger partial charge in [-0.1, -0.05) is 35.3 Å². The fraction of sp³-hybridized carbons (Fsp3) is 0.143. The van der Waals surface area contributed by atoms with Crippen LogP contribution in [-0.4, -0.2) is 21.8 Å². The standard InChI is InChI=1S/C21H17Cl2N5O3/c1-10-3-2-4-13(5-10)24-19(30)15-9-16(29)26-18-17(15)20(31)28-21(27-18)25-14-7-11(22)6-12(23)8-14/h2-8,15H,9H2,1H3,(H,24,30)(H3,25,26,27,28,29,31)/t15-/m0/s1. The van der Waals surface area contributed by atoms with E-state index in [-0.39, 0.29) is 23.8 Å². The van der Waals surface area contributed by atoms with Crippen molar-refractivity contribution in [2.75, 3.05) is 16.0 Å². The summed E-state index contributed by atoms with van der Waals surface area (Å²) in [5.41, 5.74) is 1.61. The van der Waals surface area contributed by atoms with Crippen molar-refractivity contribution >= 4 is 58.2 Å². The van der Waals surface area contributed by atoms with Gasteiger partial charge in [0.2, 0.25) is 17.8 Å². The molecular weight excluding hydrogens is 441 g/mol. The monoisotopic (exact) mass is 457 g/mol. The maximum absolute atomic E-state index is 12.9. The Kier molecular flexibility index (Phi) is 5.67. The predicted octanol–water partition coefficient (Wildman–Crippen LogP) is 4.19. The number of carbonyl (C=O) groups excluding carboxylic acids is 2. The zero-order valence-corrected chi connectivity index (χ0v) is 17.8. The number of anilines is 4. The van der Waals surface area contributed by atoms with Crippen molar-refractivity contribution < 1.29 is 9.59 Å². The number of halogens is 2. The van der Waals surface area contributed by atoms with E-state index in [1.54, 1.807) is 36.4 Å². The molecule has 0 saturated carbocycles. The Morgan fingerprint density at radius 2 is 1.84 bits per heavy atom. The van der Waals surface area contributed by atoms with Gasteiger partial charge in [-0.25, -0.2) is 0 Å². The van der Waals surface area contributed by atoms with Crippen molar-refractivity contribution in [1.82, 2.24) is 9.97 Å². The van der Waals surface area contributed by atoms with E-state index in [1.165, 1.54) is 0 Å². The highest BCUT2D eigenvalue weighted by Crippen LogP contribution is 2.31. The second-order valence-electron chi connectivity index (χ2n) is 7.12. The number of nitrogens with one attached hydrogen (secondary N) is 4. The molecule has 2 aromatic carbocycles. The quantitative estimate of drug-likeness (QED) is 0.468. The van der Waals surface area contributed by atoms with Crippen molar-refractivity contribution in [2.45, 2.75) is 19.3 Å². The van der Waals surface area contributed by atoms with E-state index < -0.39 is 23.3 Å². The lowest BCUT2D eigenvalue weighted by Gasteiger charge is -2.23. The minimum Gasteiger partial charge on any atom is -0.326 e. The summed E-state index contributed by atoms with van der Waals surface area (Å²) in [6.45, 7) is 1.90. The SMILES string of the molecule is Cc1cccc(NC(=O)[C@H]2CC(=O)Nc3nc(Nc4cc(Cl)cc(Cl)c4)[nH]c(=O)c32)c1. The highest BCUT2D eigenvalue weighted by Gasteiger charge is 2.34. The van der Waals surface area contributed by atoms with Gasteiger partial charge in [0.1, 0.15) is 5.82 Å². The number of carbonyl (C=O) groups is 2. The summed E-state index contributed by atoms with van der Waals surface area (Å²) < 4.78 is 0. The topological polar surface area (TPSA) is 116 Å². The lowest BCUT2D eigenvalue weighted by molar-refractivity contribution is -0.123. The van der Waals surface area contributed by atoms with Gasteiger partial charge in [0.15, 0.2) is 0 Å². The lowest BCUT2D eigenvalue weighted by atomic mass is 9.92. The first-order valence-electron chi connectivity index (χ1n) is 9.33. The molecule has 8 nitrogen and oxygen atoms in total. The minimum atomic E-state index is -0.977. The van der Waals surface area contributed by atoms with Gasteiger partial charge in [0, 0.05) is 27.8 Å². The molecule has 31 heavy (non-hydrogen) atoms. The van der Waals surface area contributed by atoms with E-state index in [0.717, 1.165) is 5.56 Å². The largest absolute Gasteiger partial charge is 0.326 e. The molecule has 1 aliphatic rings. The highest BCUT2D eigenvalue weighted by atomic mass is 35.5. The Hall–Kier alpha value is -3.36. The molecule has 1 aliphatic heterocycles. The van der Waals surface area contributed by atoms with Gasteiger partial charge in [-0.3, -0.25) is 19.4 Å². The molecule has 0 radical (unpaired) electrons. The number of hydrogen-bond acceptors (Lipinski definition) is 5. The first kappa shape index (κ1) is 20.9. The lowest BCUT2D eigenvalue weighted by Crippen LogP contribution is -2.36. The van der Waals surface area contributed by atoms with Gasteiger partial charge < -0.3 is 16.0 Å². The molecule has 2 amide bonds. The maximum Gasteiger partial charge on any atom is 0.258 e. The Balaban J connectivity index is 1.65. The number of benzene rings is 2. The Bertz CT molecular complexity index is 1240. The molecule has 3 aromatic rings. The molecule has 0 spiro atoms. The second kappa shape index (κ2) is 8.41. The molecule has 158 valence electrons. The maximum atomic E-state index is 12.9. The molecule has 0 saturated heterocycles. The Labute approximate surface area is 187 Å². The molecule has 4 rings (SSSR count). The summed E-state index contributed by atoms with van der Waals surface area (Å²) in [5, 5.41) is 9.02. The van der Waals surface area contributed by atoms with E-state index in [0.29, 0.717) is 21.4 Å². The third-order valence-corrected chi connectivity index (χ3v) is 5.11. The number of fused-ring (bicyclic) bond motifs is 1. The fourth-order valence-corrected chi connectivity index (χ4v) is 3.90. The zero-order chi connectivity index (χ0) is 22.1. The summed E-state index contributed by atoms with van der Waals surface area (Å²) in [6.07, 6.45) is -0.161. The van der Waals surface area contributed by atoms with Crippen molar-refractivity contribution in [3.05, 3.63) is 74.0 Å². The van der Waals surface area contributed by atoms with Crippen LogP contribution in [-0.2, 0) is 9.59 Å². The predicted molar refractivity (Wildman–Crippen MR) is 120 cm³/mol. The van der Waals surface area contributed by atoms with E-state index in [9.17, 15) is 14.4 Å². The average molecular weight is 458 g/mol. The summed E-state index contributed by atoms with van der Waals surface area (Å²) in [7, 11) is 0. The number of H-pyrrole nitrogens is 1. The number of rotatable bonds is 4. The van der Waals surface area contributed by atoms with E-state index >= 15 is 0 Å². The fourth-order valence-electron chi connectivity index (χ4n) is 3.37. The van der Waals surface area contributed by atoms with Gasteiger partial charge in [-0.05, 0) is 42.8 Å². The van der Waals surface area contributed by atoms with Crippen LogP contribution in [0.1, 0.15) is 23.5 Å². The Morgan fingerprint density at radius 3 is 2.55 bits per heavy atom. The first-order valence-corrected chi connectivity index (χ1v) is 10.1. The summed E-state index contributed by atoms with van der Waals surface area (Å²) in [5.74, 6) is -1.75. The molecule has 0 aliphatic carbocycles. The minimum absolute atomic E-state index is 0.0278. The number of aryl methyl sites for hydroxylation is 1. The van der Waals surface area contributed by atoms with Crippen LogP contribution in [0.15, 0.2) is 47.3 Å². The van der Waals surface area contributed by atoms with Crippen LogP contribution >= 0.6 is 23.2 Å². The summed E-state index contributed by atoms with van der Waals surface area (Å²) >= 11 is 12.0. The molecule has 1 atom stereocenters. The summed E-state index contributed by atoms with van der Waals surface area (Å²) in [6, 6.07) is 12.0. The van der Waals surface area contributed by atoms with Crippen LogP contribution in [0.4, 0.5) is 23.1 Å². The molecule has 1 aromatic heterocycles. The number of hydrogen-bond donors (Lipinski definition) is 4. The number of nitrogens with zero attached hydrogens (tertiary/aromatic N) is 1. The van der Waals surface area contributed by atoms with E-state index in [4.69, 9.17) is 23.2 Å². The molecular formula is C21H17Cl2N5O3. The van der Waals surface area contributed by atoms with Gasteiger partial charge in [-0.15, -0.1) is 0 Å². The van der Waals surface area contributed by atoms with Crippen molar-refractivity contribution in [2.24, 2.45) is 0 Å². The number of aromatic nitrogens is 2. The third-order valence-electron chi connectivity index (χ3n) is 4.68. The van der Waals surface area contributed by atoms with E-state index in [1.807, 2.05) is 13.0 Å². The van der Waals surface area contributed by atoms with Gasteiger partial charge in [0.25, 0.3) is 5.56 Å². The van der Waals surface area contributed by atoms with Crippen LogP contribution in [0.2, 0.25) is 10.0 Å². The van der Waals surface area contributed by atoms with Crippen molar-refractivity contribution in [1.29, 1.82) is 0 Å². The molecule has 0 unspecified atom stereocenters. The molecule has 10 heteroatoms.